The molecule has 1 aromatic carbocycles. The zero-order chi connectivity index (χ0) is 9.35. The number of hydrogen-bond donors (Lipinski definition) is 0. The summed E-state index contributed by atoms with van der Waals surface area (Å²) in [5, 5.41) is 2.21. The Morgan fingerprint density at radius 1 is 1.17 bits per heavy atom. The minimum atomic E-state index is -1.21. The van der Waals surface area contributed by atoms with Crippen molar-refractivity contribution in [3.05, 3.63) is 27.7 Å². The molecule has 0 bridgehead atoms. The molecule has 0 amide bonds. The molecule has 0 unspecified atom stereocenters. The van der Waals surface area contributed by atoms with Gasteiger partial charge in [0, 0.05) is 9.50 Å². The van der Waals surface area contributed by atoms with Crippen LogP contribution in [0.4, 0.5) is 0 Å². The number of halogens is 2. The molecule has 1 aromatic rings. The predicted molar refractivity (Wildman–Crippen MR) is 62.1 cm³/mol. The van der Waals surface area contributed by atoms with Crippen LogP contribution >= 0.6 is 27.5 Å². The lowest BCUT2D eigenvalue weighted by atomic mass is 10.4. The van der Waals surface area contributed by atoms with E-state index in [4.69, 9.17) is 11.6 Å². The van der Waals surface area contributed by atoms with Gasteiger partial charge in [0.25, 0.3) is 0 Å². The van der Waals surface area contributed by atoms with Gasteiger partial charge in [0.15, 0.2) is 0 Å². The van der Waals surface area contributed by atoms with Crippen molar-refractivity contribution in [2.24, 2.45) is 0 Å². The molecule has 0 aliphatic carbocycles. The van der Waals surface area contributed by atoms with Crippen LogP contribution < -0.4 is 5.19 Å². The van der Waals surface area contributed by atoms with E-state index < -0.39 is 8.07 Å². The van der Waals surface area contributed by atoms with E-state index in [1.807, 2.05) is 6.07 Å². The lowest BCUT2D eigenvalue weighted by Gasteiger charge is -2.16. The fourth-order valence-corrected chi connectivity index (χ4v) is 3.33. The molecule has 0 aliphatic rings. The second-order valence-electron chi connectivity index (χ2n) is 3.91. The fourth-order valence-electron chi connectivity index (χ4n) is 0.987. The predicted octanol–water partition coefficient (Wildman–Crippen LogP) is 3.65. The monoisotopic (exact) mass is 262 g/mol. The third-order valence-corrected chi connectivity index (χ3v) is 4.43. The molecule has 0 nitrogen and oxygen atoms in total. The SMILES string of the molecule is C[Si](C)(C)c1cc(Cl)cc(Br)c1. The highest BCUT2D eigenvalue weighted by Crippen LogP contribution is 2.17. The molecule has 0 atom stereocenters. The molecule has 12 heavy (non-hydrogen) atoms. The Morgan fingerprint density at radius 2 is 1.75 bits per heavy atom. The highest BCUT2D eigenvalue weighted by atomic mass is 79.9. The van der Waals surface area contributed by atoms with Crippen molar-refractivity contribution in [1.82, 2.24) is 0 Å². The Morgan fingerprint density at radius 3 is 2.17 bits per heavy atom. The molecule has 0 aliphatic heterocycles. The quantitative estimate of drug-likeness (QED) is 0.679. The maximum Gasteiger partial charge on any atom is 0.0777 e. The minimum Gasteiger partial charge on any atom is -0.0843 e. The second-order valence-corrected chi connectivity index (χ2v) is 10.3. The Hall–Kier alpha value is 0.207. The number of benzene rings is 1. The van der Waals surface area contributed by atoms with E-state index in [1.165, 1.54) is 5.19 Å². The van der Waals surface area contributed by atoms with E-state index in [9.17, 15) is 0 Å². The lowest BCUT2D eigenvalue weighted by molar-refractivity contribution is 1.64. The first-order valence-corrected chi connectivity index (χ1v) is 8.53. The van der Waals surface area contributed by atoms with Gasteiger partial charge in [-0.25, -0.2) is 0 Å². The maximum absolute atomic E-state index is 5.95. The van der Waals surface area contributed by atoms with Gasteiger partial charge in [-0.3, -0.25) is 0 Å². The van der Waals surface area contributed by atoms with Crippen LogP contribution in [0.15, 0.2) is 22.7 Å². The van der Waals surface area contributed by atoms with Crippen LogP contribution in [0.25, 0.3) is 0 Å². The summed E-state index contributed by atoms with van der Waals surface area (Å²) in [6.45, 7) is 6.93. The lowest BCUT2D eigenvalue weighted by Crippen LogP contribution is -2.37. The molecule has 0 radical (unpaired) electrons. The molecule has 0 saturated carbocycles. The average molecular weight is 264 g/mol. The van der Waals surface area contributed by atoms with Crippen LogP contribution in [0, 0.1) is 0 Å². The third-order valence-electron chi connectivity index (χ3n) is 1.73. The molecule has 0 saturated heterocycles. The van der Waals surface area contributed by atoms with E-state index in [-0.39, 0.29) is 0 Å². The van der Waals surface area contributed by atoms with Crippen LogP contribution in [-0.2, 0) is 0 Å². The molecule has 1 rings (SSSR count). The van der Waals surface area contributed by atoms with Gasteiger partial charge in [0.05, 0.1) is 8.07 Å². The van der Waals surface area contributed by atoms with Gasteiger partial charge in [-0.1, -0.05) is 52.4 Å². The van der Waals surface area contributed by atoms with Gasteiger partial charge in [-0.2, -0.15) is 0 Å². The van der Waals surface area contributed by atoms with Crippen molar-refractivity contribution >= 4 is 40.8 Å². The van der Waals surface area contributed by atoms with Crippen molar-refractivity contribution in [3.63, 3.8) is 0 Å². The molecule has 0 aromatic heterocycles. The van der Waals surface area contributed by atoms with Crippen LogP contribution in [0.1, 0.15) is 0 Å². The molecular weight excluding hydrogens is 252 g/mol. The van der Waals surface area contributed by atoms with Crippen molar-refractivity contribution < 1.29 is 0 Å². The van der Waals surface area contributed by atoms with E-state index in [1.54, 1.807) is 0 Å². The third kappa shape index (κ3) is 2.61. The highest BCUT2D eigenvalue weighted by molar-refractivity contribution is 9.10. The largest absolute Gasteiger partial charge is 0.0843 e. The summed E-state index contributed by atoms with van der Waals surface area (Å²) in [5.41, 5.74) is 0. The van der Waals surface area contributed by atoms with Gasteiger partial charge in [-0.05, 0) is 18.2 Å². The molecule has 3 heteroatoms. The standard InChI is InChI=1S/C9H12BrClSi/c1-12(2,3)9-5-7(10)4-8(11)6-9/h4-6H,1-3H3. The summed E-state index contributed by atoms with van der Waals surface area (Å²) >= 11 is 9.39. The molecule has 0 fully saturated rings. The van der Waals surface area contributed by atoms with Gasteiger partial charge in [0.2, 0.25) is 0 Å². The Balaban J connectivity index is 3.18. The minimum absolute atomic E-state index is 0.821. The average Bonchev–Trinajstić information content (AvgIpc) is 1.82. The summed E-state index contributed by atoms with van der Waals surface area (Å²) < 4.78 is 1.08. The van der Waals surface area contributed by atoms with E-state index >= 15 is 0 Å². The van der Waals surface area contributed by atoms with Gasteiger partial charge < -0.3 is 0 Å². The normalized spacial score (nSPS) is 11.8. The summed E-state index contributed by atoms with van der Waals surface area (Å²) in [6, 6.07) is 6.15. The van der Waals surface area contributed by atoms with Gasteiger partial charge in [0.1, 0.15) is 0 Å². The maximum atomic E-state index is 5.95. The van der Waals surface area contributed by atoms with Crippen LogP contribution in [-0.4, -0.2) is 8.07 Å². The zero-order valence-electron chi connectivity index (χ0n) is 7.49. The fraction of sp³-hybridized carbons (Fsp3) is 0.333. The summed E-state index contributed by atoms with van der Waals surface area (Å²) in [4.78, 5) is 0. The van der Waals surface area contributed by atoms with Crippen molar-refractivity contribution in [3.8, 4) is 0 Å². The van der Waals surface area contributed by atoms with E-state index in [0.717, 1.165) is 9.50 Å². The van der Waals surface area contributed by atoms with Crippen molar-refractivity contribution in [2.75, 3.05) is 0 Å². The van der Waals surface area contributed by atoms with Crippen LogP contribution in [0.2, 0.25) is 24.7 Å². The van der Waals surface area contributed by atoms with Gasteiger partial charge >= 0.3 is 0 Å². The number of rotatable bonds is 1. The molecule has 0 N–H and O–H groups in total. The van der Waals surface area contributed by atoms with Gasteiger partial charge in [-0.15, -0.1) is 0 Å². The first-order chi connectivity index (χ1) is 5.39. The first kappa shape index (κ1) is 10.3. The van der Waals surface area contributed by atoms with Crippen molar-refractivity contribution in [2.45, 2.75) is 19.6 Å². The Bertz CT molecular complexity index is 271. The highest BCUT2D eigenvalue weighted by Gasteiger charge is 2.16. The molecule has 0 heterocycles. The molecule has 0 spiro atoms. The molecular formula is C9H12BrClSi. The first-order valence-electron chi connectivity index (χ1n) is 3.86. The second kappa shape index (κ2) is 3.52. The summed E-state index contributed by atoms with van der Waals surface area (Å²) in [6.07, 6.45) is 0. The van der Waals surface area contributed by atoms with Crippen LogP contribution in [0.5, 0.6) is 0 Å². The Labute approximate surface area is 88.1 Å². The number of hydrogen-bond acceptors (Lipinski definition) is 0. The smallest absolute Gasteiger partial charge is 0.0777 e. The Kier molecular flexibility index (Phi) is 3.02. The van der Waals surface area contributed by atoms with Crippen molar-refractivity contribution in [1.29, 1.82) is 0 Å². The van der Waals surface area contributed by atoms with Crippen LogP contribution in [0.3, 0.4) is 0 Å². The van der Waals surface area contributed by atoms with E-state index in [0.29, 0.717) is 0 Å². The summed E-state index contributed by atoms with van der Waals surface area (Å²) in [5.74, 6) is 0. The topological polar surface area (TPSA) is 0 Å². The van der Waals surface area contributed by atoms with E-state index in [2.05, 4.69) is 47.7 Å². The zero-order valence-corrected chi connectivity index (χ0v) is 10.8. The molecule has 66 valence electrons. The summed E-state index contributed by atoms with van der Waals surface area (Å²) in [7, 11) is -1.21.